The van der Waals surface area contributed by atoms with Crippen molar-refractivity contribution in [1.29, 1.82) is 0 Å². The highest BCUT2D eigenvalue weighted by atomic mass is 35.5. The molecule has 0 saturated carbocycles. The van der Waals surface area contributed by atoms with Gasteiger partial charge in [-0.3, -0.25) is 4.79 Å². The third-order valence-electron chi connectivity index (χ3n) is 3.76. The average molecular weight is 441 g/mol. The van der Waals surface area contributed by atoms with E-state index in [4.69, 9.17) is 21.1 Å². The van der Waals surface area contributed by atoms with Gasteiger partial charge in [0.15, 0.2) is 15.6 Å². The van der Waals surface area contributed by atoms with Crippen molar-refractivity contribution in [1.82, 2.24) is 0 Å². The van der Waals surface area contributed by atoms with E-state index in [1.165, 1.54) is 19.2 Å². The van der Waals surface area contributed by atoms with Crippen molar-refractivity contribution in [3.8, 4) is 5.75 Å². The summed E-state index contributed by atoms with van der Waals surface area (Å²) in [5.74, 6) is -0.966. The number of sulfone groups is 1. The Morgan fingerprint density at radius 3 is 2.45 bits per heavy atom. The minimum atomic E-state index is -3.60. The highest BCUT2D eigenvalue weighted by molar-refractivity contribution is 7.90. The van der Waals surface area contributed by atoms with Crippen LogP contribution in [0.1, 0.15) is 17.3 Å². The van der Waals surface area contributed by atoms with Crippen LogP contribution in [0.4, 0.5) is 11.4 Å². The minimum Gasteiger partial charge on any atom is -0.493 e. The highest BCUT2D eigenvalue weighted by Crippen LogP contribution is 2.35. The van der Waals surface area contributed by atoms with Crippen LogP contribution in [-0.4, -0.2) is 46.8 Å². The standard InChI is InChI=1S/C19H21ClN2O6S/c1-4-28-19(24)13-7-5-6-8-14(13)22-17(23)11-21-15-9-12(20)10-16(18(15)27-2)29(3,25)26/h5-10,21H,4,11H2,1-3H3,(H,22,23). The molecule has 0 aliphatic heterocycles. The normalized spacial score (nSPS) is 10.9. The highest BCUT2D eigenvalue weighted by Gasteiger charge is 2.20. The SMILES string of the molecule is CCOC(=O)c1ccccc1NC(=O)CNc1cc(Cl)cc(S(C)(=O)=O)c1OC. The Morgan fingerprint density at radius 2 is 1.83 bits per heavy atom. The number of esters is 1. The number of carbonyl (C=O) groups is 2. The first-order chi connectivity index (χ1) is 13.7. The zero-order chi connectivity index (χ0) is 21.6. The molecule has 156 valence electrons. The maximum atomic E-state index is 12.4. The van der Waals surface area contributed by atoms with Crippen molar-refractivity contribution < 1.29 is 27.5 Å². The minimum absolute atomic E-state index is 0.0524. The predicted octanol–water partition coefficient (Wildman–Crippen LogP) is 2.98. The smallest absolute Gasteiger partial charge is 0.340 e. The number of anilines is 2. The Hall–Kier alpha value is -2.78. The topological polar surface area (TPSA) is 111 Å². The molecule has 2 aromatic carbocycles. The molecule has 8 nitrogen and oxygen atoms in total. The lowest BCUT2D eigenvalue weighted by Crippen LogP contribution is -2.23. The van der Waals surface area contributed by atoms with E-state index in [-0.39, 0.29) is 40.1 Å². The van der Waals surface area contributed by atoms with Gasteiger partial charge in [0.2, 0.25) is 5.91 Å². The number of carbonyl (C=O) groups excluding carboxylic acids is 2. The van der Waals surface area contributed by atoms with Crippen LogP contribution in [0.25, 0.3) is 0 Å². The summed E-state index contributed by atoms with van der Waals surface area (Å²) in [7, 11) is -2.28. The van der Waals surface area contributed by atoms with Crippen molar-refractivity contribution >= 4 is 44.7 Å². The maximum absolute atomic E-state index is 12.4. The van der Waals surface area contributed by atoms with Crippen LogP contribution in [0.15, 0.2) is 41.3 Å². The third kappa shape index (κ3) is 5.85. The van der Waals surface area contributed by atoms with Gasteiger partial charge in [0.05, 0.1) is 37.2 Å². The largest absolute Gasteiger partial charge is 0.493 e. The van der Waals surface area contributed by atoms with Gasteiger partial charge in [-0.2, -0.15) is 0 Å². The summed E-state index contributed by atoms with van der Waals surface area (Å²) in [4.78, 5) is 24.3. The fourth-order valence-electron chi connectivity index (χ4n) is 2.53. The number of ether oxygens (including phenoxy) is 2. The van der Waals surface area contributed by atoms with E-state index in [1.54, 1.807) is 31.2 Å². The van der Waals surface area contributed by atoms with Crippen LogP contribution in [-0.2, 0) is 19.4 Å². The van der Waals surface area contributed by atoms with E-state index in [2.05, 4.69) is 10.6 Å². The van der Waals surface area contributed by atoms with E-state index < -0.39 is 21.7 Å². The van der Waals surface area contributed by atoms with E-state index in [1.807, 2.05) is 0 Å². The van der Waals surface area contributed by atoms with E-state index in [0.717, 1.165) is 6.26 Å². The summed E-state index contributed by atoms with van der Waals surface area (Å²) in [6.07, 6.45) is 1.03. The molecule has 0 aliphatic carbocycles. The Kier molecular flexibility index (Phi) is 7.46. The molecule has 1 amide bonds. The number of halogens is 1. The molecule has 0 saturated heterocycles. The number of para-hydroxylation sites is 1. The first kappa shape index (κ1) is 22.5. The molecular formula is C19H21ClN2O6S. The lowest BCUT2D eigenvalue weighted by Gasteiger charge is -2.15. The lowest BCUT2D eigenvalue weighted by molar-refractivity contribution is -0.114. The molecule has 29 heavy (non-hydrogen) atoms. The molecule has 0 unspecified atom stereocenters. The Bertz CT molecular complexity index is 1020. The number of amides is 1. The first-order valence-corrected chi connectivity index (χ1v) is 10.8. The molecule has 0 bridgehead atoms. The van der Waals surface area contributed by atoms with Crippen molar-refractivity contribution in [2.24, 2.45) is 0 Å². The van der Waals surface area contributed by atoms with Crippen molar-refractivity contribution in [3.63, 3.8) is 0 Å². The molecule has 2 aromatic rings. The zero-order valence-electron chi connectivity index (χ0n) is 16.1. The van der Waals surface area contributed by atoms with Gasteiger partial charge in [-0.1, -0.05) is 23.7 Å². The second-order valence-electron chi connectivity index (χ2n) is 5.92. The van der Waals surface area contributed by atoms with Crippen LogP contribution < -0.4 is 15.4 Å². The van der Waals surface area contributed by atoms with Crippen molar-refractivity contribution in [2.75, 3.05) is 37.2 Å². The molecule has 0 spiro atoms. The van der Waals surface area contributed by atoms with Gasteiger partial charge in [0.1, 0.15) is 4.90 Å². The van der Waals surface area contributed by atoms with Gasteiger partial charge in [0, 0.05) is 11.3 Å². The van der Waals surface area contributed by atoms with Gasteiger partial charge in [0.25, 0.3) is 0 Å². The molecule has 0 aromatic heterocycles. The molecule has 0 aliphatic rings. The Morgan fingerprint density at radius 1 is 1.14 bits per heavy atom. The average Bonchev–Trinajstić information content (AvgIpc) is 2.65. The number of hydrogen-bond acceptors (Lipinski definition) is 7. The second-order valence-corrected chi connectivity index (χ2v) is 8.35. The molecule has 2 N–H and O–H groups in total. The van der Waals surface area contributed by atoms with Crippen LogP contribution in [0.3, 0.4) is 0 Å². The predicted molar refractivity (Wildman–Crippen MR) is 111 cm³/mol. The summed E-state index contributed by atoms with van der Waals surface area (Å²) in [6, 6.07) is 9.17. The molecule has 0 heterocycles. The number of hydrogen-bond donors (Lipinski definition) is 2. The summed E-state index contributed by atoms with van der Waals surface area (Å²) >= 11 is 6.00. The van der Waals surface area contributed by atoms with Crippen LogP contribution in [0.2, 0.25) is 5.02 Å². The fourth-order valence-corrected chi connectivity index (χ4v) is 3.69. The van der Waals surface area contributed by atoms with E-state index in [0.29, 0.717) is 5.69 Å². The van der Waals surface area contributed by atoms with Crippen LogP contribution in [0, 0.1) is 0 Å². The molecule has 2 rings (SSSR count). The maximum Gasteiger partial charge on any atom is 0.340 e. The van der Waals surface area contributed by atoms with Gasteiger partial charge < -0.3 is 20.1 Å². The molecular weight excluding hydrogens is 420 g/mol. The van der Waals surface area contributed by atoms with E-state index in [9.17, 15) is 18.0 Å². The van der Waals surface area contributed by atoms with Crippen LogP contribution in [0.5, 0.6) is 5.75 Å². The second kappa shape index (κ2) is 9.62. The Balaban J connectivity index is 2.19. The fraction of sp³-hybridized carbons (Fsp3) is 0.263. The van der Waals surface area contributed by atoms with Gasteiger partial charge in [-0.25, -0.2) is 13.2 Å². The Labute approximate surface area is 174 Å². The summed E-state index contributed by atoms with van der Waals surface area (Å²) in [6.45, 7) is 1.67. The zero-order valence-corrected chi connectivity index (χ0v) is 17.7. The lowest BCUT2D eigenvalue weighted by atomic mass is 10.2. The van der Waals surface area contributed by atoms with Gasteiger partial charge in [-0.15, -0.1) is 0 Å². The number of rotatable bonds is 8. The monoisotopic (exact) mass is 440 g/mol. The molecule has 0 radical (unpaired) electrons. The third-order valence-corrected chi connectivity index (χ3v) is 5.08. The van der Waals surface area contributed by atoms with Crippen molar-refractivity contribution in [2.45, 2.75) is 11.8 Å². The molecule has 0 fully saturated rings. The number of methoxy groups -OCH3 is 1. The van der Waals surface area contributed by atoms with E-state index >= 15 is 0 Å². The molecule has 10 heteroatoms. The molecule has 0 atom stereocenters. The van der Waals surface area contributed by atoms with Crippen LogP contribution >= 0.6 is 11.6 Å². The number of benzene rings is 2. The quantitative estimate of drug-likeness (QED) is 0.607. The first-order valence-electron chi connectivity index (χ1n) is 8.54. The number of nitrogens with one attached hydrogen (secondary N) is 2. The van der Waals surface area contributed by atoms with Gasteiger partial charge in [-0.05, 0) is 31.2 Å². The van der Waals surface area contributed by atoms with Crippen molar-refractivity contribution in [3.05, 3.63) is 47.0 Å². The van der Waals surface area contributed by atoms with Gasteiger partial charge >= 0.3 is 5.97 Å². The summed E-state index contributed by atoms with van der Waals surface area (Å²) in [5.41, 5.74) is 0.768. The summed E-state index contributed by atoms with van der Waals surface area (Å²) < 4.78 is 34.1. The summed E-state index contributed by atoms with van der Waals surface area (Å²) in [5, 5.41) is 5.60.